The minimum Gasteiger partial charge on any atom is -0.409 e. The van der Waals surface area contributed by atoms with Gasteiger partial charge in [0.15, 0.2) is 0 Å². The molecule has 0 radical (unpaired) electrons. The van der Waals surface area contributed by atoms with Gasteiger partial charge in [0.25, 0.3) is 0 Å². The van der Waals surface area contributed by atoms with Crippen molar-refractivity contribution in [1.29, 1.82) is 0 Å². The number of nitrogens with one attached hydrogen (secondary N) is 1. The van der Waals surface area contributed by atoms with Gasteiger partial charge in [-0.2, -0.15) is 0 Å². The van der Waals surface area contributed by atoms with Gasteiger partial charge in [-0.15, -0.1) is 0 Å². The summed E-state index contributed by atoms with van der Waals surface area (Å²) in [6.07, 6.45) is 4.10. The molecule has 0 aliphatic heterocycles. The monoisotopic (exact) mass is 273 g/mol. The Morgan fingerprint density at radius 3 is 2.80 bits per heavy atom. The third-order valence-corrected chi connectivity index (χ3v) is 3.17. The summed E-state index contributed by atoms with van der Waals surface area (Å²) in [5.74, 6) is 1.14. The molecule has 4 N–H and O–H groups in total. The van der Waals surface area contributed by atoms with E-state index in [0.717, 1.165) is 11.4 Å². The molecule has 106 valence electrons. The van der Waals surface area contributed by atoms with E-state index in [1.54, 1.807) is 6.20 Å². The van der Waals surface area contributed by atoms with E-state index in [1.165, 1.54) is 0 Å². The van der Waals surface area contributed by atoms with E-state index in [9.17, 15) is 0 Å². The Balaban J connectivity index is 2.09. The van der Waals surface area contributed by atoms with Crippen LogP contribution in [0.5, 0.6) is 0 Å². The van der Waals surface area contributed by atoms with Gasteiger partial charge in [0.1, 0.15) is 11.7 Å². The van der Waals surface area contributed by atoms with E-state index >= 15 is 0 Å². The number of aromatic nitrogens is 2. The molecule has 0 bridgehead atoms. The Morgan fingerprint density at radius 1 is 1.45 bits per heavy atom. The van der Waals surface area contributed by atoms with Crippen molar-refractivity contribution in [2.24, 2.45) is 17.9 Å². The number of aryl methyl sites for hydroxylation is 1. The van der Waals surface area contributed by atoms with Crippen LogP contribution < -0.4 is 11.1 Å². The summed E-state index contributed by atoms with van der Waals surface area (Å²) in [5.41, 5.74) is 6.72. The lowest BCUT2D eigenvalue weighted by Crippen LogP contribution is -2.27. The van der Waals surface area contributed by atoms with Crippen LogP contribution in [0.3, 0.4) is 0 Å². The van der Waals surface area contributed by atoms with E-state index in [2.05, 4.69) is 15.5 Å². The smallest absolute Gasteiger partial charge is 0.141 e. The van der Waals surface area contributed by atoms with Gasteiger partial charge in [-0.3, -0.25) is 0 Å². The number of oxime groups is 1. The zero-order valence-electron chi connectivity index (χ0n) is 11.4. The van der Waals surface area contributed by atoms with Gasteiger partial charge in [0.2, 0.25) is 0 Å². The van der Waals surface area contributed by atoms with Gasteiger partial charge in [-0.05, 0) is 5.56 Å². The predicted molar refractivity (Wildman–Crippen MR) is 77.3 cm³/mol. The van der Waals surface area contributed by atoms with Crippen LogP contribution in [0.15, 0.2) is 47.9 Å². The molecule has 2 aromatic rings. The van der Waals surface area contributed by atoms with Gasteiger partial charge in [-0.25, -0.2) is 4.98 Å². The molecule has 0 saturated carbocycles. The van der Waals surface area contributed by atoms with Crippen molar-refractivity contribution in [3.63, 3.8) is 0 Å². The maximum atomic E-state index is 8.75. The van der Waals surface area contributed by atoms with Crippen LogP contribution in [-0.4, -0.2) is 20.6 Å². The molecule has 20 heavy (non-hydrogen) atoms. The molecule has 0 aliphatic carbocycles. The molecule has 0 aliphatic rings. The van der Waals surface area contributed by atoms with E-state index in [1.807, 2.05) is 48.1 Å². The number of rotatable bonds is 6. The van der Waals surface area contributed by atoms with Crippen molar-refractivity contribution < 1.29 is 5.21 Å². The molecule has 0 fully saturated rings. The minimum absolute atomic E-state index is 0.0243. The summed E-state index contributed by atoms with van der Waals surface area (Å²) in [5, 5.41) is 15.2. The molecule has 2 rings (SSSR count). The number of hydrogen-bond acceptors (Lipinski definition) is 4. The summed E-state index contributed by atoms with van der Waals surface area (Å²) >= 11 is 0. The summed E-state index contributed by atoms with van der Waals surface area (Å²) in [6.45, 7) is 0.613. The van der Waals surface area contributed by atoms with E-state index in [-0.39, 0.29) is 11.9 Å². The van der Waals surface area contributed by atoms with Crippen molar-refractivity contribution in [2.45, 2.75) is 19.0 Å². The molecule has 0 amide bonds. The Labute approximate surface area is 117 Å². The van der Waals surface area contributed by atoms with Crippen LogP contribution in [0.25, 0.3) is 0 Å². The zero-order chi connectivity index (χ0) is 14.4. The molecule has 1 aromatic carbocycles. The van der Waals surface area contributed by atoms with Crippen molar-refractivity contribution in [2.75, 3.05) is 0 Å². The van der Waals surface area contributed by atoms with Gasteiger partial charge in [0, 0.05) is 31.9 Å². The Bertz CT molecular complexity index is 564. The number of imidazole rings is 1. The quantitative estimate of drug-likeness (QED) is 0.321. The van der Waals surface area contributed by atoms with Gasteiger partial charge in [0.05, 0.1) is 6.54 Å². The van der Waals surface area contributed by atoms with Crippen molar-refractivity contribution in [3.05, 3.63) is 54.1 Å². The number of hydrogen-bond donors (Lipinski definition) is 3. The highest BCUT2D eigenvalue weighted by atomic mass is 16.4. The first-order chi connectivity index (χ1) is 9.70. The summed E-state index contributed by atoms with van der Waals surface area (Å²) < 4.78 is 1.96. The lowest BCUT2D eigenvalue weighted by molar-refractivity contribution is 0.315. The predicted octanol–water partition coefficient (Wildman–Crippen LogP) is 1.39. The van der Waals surface area contributed by atoms with E-state index in [4.69, 9.17) is 10.9 Å². The second kappa shape index (κ2) is 6.72. The molecule has 6 heteroatoms. The van der Waals surface area contributed by atoms with Crippen LogP contribution >= 0.6 is 0 Å². The fourth-order valence-electron chi connectivity index (χ4n) is 2.02. The van der Waals surface area contributed by atoms with E-state index in [0.29, 0.717) is 13.0 Å². The van der Waals surface area contributed by atoms with Gasteiger partial charge < -0.3 is 20.8 Å². The number of nitrogens with zero attached hydrogens (tertiary/aromatic N) is 3. The fourth-order valence-corrected chi connectivity index (χ4v) is 2.02. The first-order valence-electron chi connectivity index (χ1n) is 6.41. The highest BCUT2D eigenvalue weighted by Gasteiger charge is 2.14. The molecule has 1 aromatic heterocycles. The second-order valence-electron chi connectivity index (χ2n) is 4.59. The maximum Gasteiger partial charge on any atom is 0.141 e. The molecular weight excluding hydrogens is 254 g/mol. The molecule has 1 atom stereocenters. The highest BCUT2D eigenvalue weighted by molar-refractivity contribution is 5.80. The summed E-state index contributed by atoms with van der Waals surface area (Å²) in [6, 6.07) is 9.90. The minimum atomic E-state index is -0.0243. The van der Waals surface area contributed by atoms with Crippen LogP contribution in [0.1, 0.15) is 23.9 Å². The third-order valence-electron chi connectivity index (χ3n) is 3.17. The third kappa shape index (κ3) is 3.58. The SMILES string of the molecule is Cn1ccnc1CNC(CC(N)=NO)c1ccccc1. The molecule has 0 spiro atoms. The van der Waals surface area contributed by atoms with Gasteiger partial charge >= 0.3 is 0 Å². The largest absolute Gasteiger partial charge is 0.409 e. The number of amidine groups is 1. The Kier molecular flexibility index (Phi) is 4.73. The lowest BCUT2D eigenvalue weighted by atomic mass is 10.0. The summed E-state index contributed by atoms with van der Waals surface area (Å²) in [4.78, 5) is 4.27. The first kappa shape index (κ1) is 14.1. The topological polar surface area (TPSA) is 88.5 Å². The highest BCUT2D eigenvalue weighted by Crippen LogP contribution is 2.17. The molecule has 6 nitrogen and oxygen atoms in total. The average molecular weight is 273 g/mol. The standard InChI is InChI=1S/C14H19N5O/c1-19-8-7-16-14(19)10-17-12(9-13(15)18-20)11-5-3-2-4-6-11/h2-8,12,17,20H,9-10H2,1H3,(H2,15,18). The molecule has 1 heterocycles. The zero-order valence-corrected chi connectivity index (χ0v) is 11.4. The van der Waals surface area contributed by atoms with Crippen LogP contribution in [0.4, 0.5) is 0 Å². The fraction of sp³-hybridized carbons (Fsp3) is 0.286. The number of nitrogens with two attached hydrogens (primary N) is 1. The van der Waals surface area contributed by atoms with Crippen LogP contribution in [0.2, 0.25) is 0 Å². The van der Waals surface area contributed by atoms with Crippen molar-refractivity contribution >= 4 is 5.84 Å². The van der Waals surface area contributed by atoms with E-state index < -0.39 is 0 Å². The first-order valence-corrected chi connectivity index (χ1v) is 6.41. The molecule has 0 saturated heterocycles. The summed E-state index contributed by atoms with van der Waals surface area (Å²) in [7, 11) is 1.95. The second-order valence-corrected chi connectivity index (χ2v) is 4.59. The normalized spacial score (nSPS) is 13.3. The lowest BCUT2D eigenvalue weighted by Gasteiger charge is -2.18. The molecular formula is C14H19N5O. The van der Waals surface area contributed by atoms with Crippen molar-refractivity contribution in [3.8, 4) is 0 Å². The van der Waals surface area contributed by atoms with Crippen LogP contribution in [-0.2, 0) is 13.6 Å². The number of benzene rings is 1. The average Bonchev–Trinajstić information content (AvgIpc) is 2.89. The Hall–Kier alpha value is -2.34. The molecule has 1 unspecified atom stereocenters. The Morgan fingerprint density at radius 2 is 2.20 bits per heavy atom. The van der Waals surface area contributed by atoms with Gasteiger partial charge in [-0.1, -0.05) is 35.5 Å². The maximum absolute atomic E-state index is 8.75. The van der Waals surface area contributed by atoms with Crippen LogP contribution in [0, 0.1) is 0 Å². The van der Waals surface area contributed by atoms with Crippen molar-refractivity contribution in [1.82, 2.24) is 14.9 Å².